The van der Waals surface area contributed by atoms with E-state index in [0.717, 1.165) is 0 Å². The Kier molecular flexibility index (Phi) is 11.3. The number of nitrogens with two attached hydrogens (primary N) is 6. The lowest BCUT2D eigenvalue weighted by molar-refractivity contribution is -0.302. The van der Waals surface area contributed by atoms with Gasteiger partial charge in [-0.25, -0.2) is 0 Å². The Hall–Kier alpha value is -0.680. The van der Waals surface area contributed by atoms with Crippen molar-refractivity contribution in [1.82, 2.24) is 0 Å². The highest BCUT2D eigenvalue weighted by Gasteiger charge is 2.51. The molecule has 0 aromatic rings. The molecule has 17 nitrogen and oxygen atoms in total. The van der Waals surface area contributed by atoms with Crippen molar-refractivity contribution in [2.45, 2.75) is 123 Å². The molecule has 41 heavy (non-hydrogen) atoms. The summed E-state index contributed by atoms with van der Waals surface area (Å²) in [5.41, 5.74) is 36.1. The van der Waals surface area contributed by atoms with Crippen LogP contribution in [0.2, 0.25) is 0 Å². The Morgan fingerprint density at radius 1 is 0.610 bits per heavy atom. The summed E-state index contributed by atoms with van der Waals surface area (Å²) in [6.45, 7) is -0.407. The normalized spacial score (nSPS) is 53.0. The van der Waals surface area contributed by atoms with Gasteiger partial charge in [-0.3, -0.25) is 0 Å². The Labute approximate surface area is 237 Å². The summed E-state index contributed by atoms with van der Waals surface area (Å²) in [5, 5.41) is 62.1. The molecule has 2 heterocycles. The van der Waals surface area contributed by atoms with E-state index < -0.39 is 116 Å². The van der Waals surface area contributed by atoms with Crippen molar-refractivity contribution in [1.29, 1.82) is 0 Å². The summed E-state index contributed by atoms with van der Waals surface area (Å²) in [4.78, 5) is 0. The molecule has 0 bridgehead atoms. The summed E-state index contributed by atoms with van der Waals surface area (Å²) >= 11 is 0. The molecule has 0 amide bonds. The van der Waals surface area contributed by atoms with Crippen molar-refractivity contribution in [3.05, 3.63) is 0 Å². The fourth-order valence-corrected chi connectivity index (χ4v) is 6.20. The molecule has 240 valence electrons. The maximum Gasteiger partial charge on any atom is 0.176 e. The van der Waals surface area contributed by atoms with E-state index in [1.54, 1.807) is 0 Å². The summed E-state index contributed by atoms with van der Waals surface area (Å²) < 4.78 is 29.9. The second kappa shape index (κ2) is 14.0. The molecule has 2 saturated carbocycles. The average Bonchev–Trinajstić information content (AvgIpc) is 3.34. The number of ether oxygens (including phenoxy) is 5. The van der Waals surface area contributed by atoms with Crippen LogP contribution in [-0.2, 0) is 23.7 Å². The van der Waals surface area contributed by atoms with Crippen LogP contribution in [0.25, 0.3) is 0 Å². The molecule has 2 aliphatic heterocycles. The smallest absolute Gasteiger partial charge is 0.176 e. The third-order valence-corrected chi connectivity index (χ3v) is 8.84. The Morgan fingerprint density at radius 2 is 1.29 bits per heavy atom. The first-order valence-electron chi connectivity index (χ1n) is 14.1. The molecule has 0 aromatic carbocycles. The van der Waals surface area contributed by atoms with Gasteiger partial charge in [0.1, 0.15) is 36.6 Å². The Bertz CT molecular complexity index is 835. The van der Waals surface area contributed by atoms with Crippen LogP contribution in [-0.4, -0.2) is 154 Å². The van der Waals surface area contributed by atoms with Gasteiger partial charge >= 0.3 is 0 Å². The van der Waals surface area contributed by atoms with Crippen LogP contribution < -0.4 is 34.4 Å². The molecule has 4 aliphatic rings. The molecule has 18 N–H and O–H groups in total. The molecular weight excluding hydrogens is 548 g/mol. The van der Waals surface area contributed by atoms with E-state index in [1.165, 1.54) is 0 Å². The predicted octanol–water partition coefficient (Wildman–Crippen LogP) is -7.20. The van der Waals surface area contributed by atoms with Gasteiger partial charge in [-0.2, -0.15) is 0 Å². The summed E-state index contributed by atoms with van der Waals surface area (Å²) in [6.07, 6.45) is -13.2. The molecule has 4 fully saturated rings. The van der Waals surface area contributed by atoms with Crippen LogP contribution in [0.15, 0.2) is 0 Å². The molecule has 2 saturated heterocycles. The molecule has 18 unspecified atom stereocenters. The minimum absolute atomic E-state index is 0.110. The van der Waals surface area contributed by atoms with Crippen LogP contribution >= 0.6 is 0 Å². The van der Waals surface area contributed by atoms with Crippen molar-refractivity contribution in [2.24, 2.45) is 40.3 Å². The molecule has 18 atom stereocenters. The molecule has 0 radical (unpaired) electrons. The van der Waals surface area contributed by atoms with Gasteiger partial charge in [-0.15, -0.1) is 0 Å². The lowest BCUT2D eigenvalue weighted by atomic mass is 9.79. The van der Waals surface area contributed by atoms with Gasteiger partial charge in [0, 0.05) is 31.0 Å². The van der Waals surface area contributed by atoms with E-state index in [2.05, 4.69) is 0 Å². The molecule has 0 spiro atoms. The molecule has 4 rings (SSSR count). The zero-order chi connectivity index (χ0) is 30.2. The van der Waals surface area contributed by atoms with E-state index in [1.807, 2.05) is 0 Å². The number of hydrogen-bond acceptors (Lipinski definition) is 17. The average molecular weight is 597 g/mol. The highest BCUT2D eigenvalue weighted by Crippen LogP contribution is 2.35. The van der Waals surface area contributed by atoms with Crippen molar-refractivity contribution < 1.29 is 54.3 Å². The van der Waals surface area contributed by atoms with Crippen LogP contribution in [0, 0.1) is 5.92 Å². The number of hydrogen-bond donors (Lipinski definition) is 12. The molecular formula is C24H48N6O11. The van der Waals surface area contributed by atoms with E-state index in [0.29, 0.717) is 6.42 Å². The molecule has 0 aromatic heterocycles. The first kappa shape index (κ1) is 33.2. The maximum absolute atomic E-state index is 11.0. The second-order valence-corrected chi connectivity index (χ2v) is 11.6. The number of aliphatic hydroxyl groups is 6. The number of aliphatic hydroxyl groups excluding tert-OH is 6. The lowest BCUT2D eigenvalue weighted by Gasteiger charge is -2.47. The monoisotopic (exact) mass is 596 g/mol. The Morgan fingerprint density at radius 3 is 1.93 bits per heavy atom. The quantitative estimate of drug-likeness (QED) is 0.117. The molecule has 2 aliphatic carbocycles. The Balaban J connectivity index is 1.45. The van der Waals surface area contributed by atoms with Crippen LogP contribution in [0.5, 0.6) is 0 Å². The summed E-state index contributed by atoms with van der Waals surface area (Å²) in [6, 6.07) is -3.55. The minimum atomic E-state index is -1.39. The largest absolute Gasteiger partial charge is 0.394 e. The van der Waals surface area contributed by atoms with Crippen LogP contribution in [0.3, 0.4) is 0 Å². The number of rotatable bonds is 9. The van der Waals surface area contributed by atoms with E-state index in [-0.39, 0.29) is 25.9 Å². The van der Waals surface area contributed by atoms with Gasteiger partial charge in [-0.1, -0.05) is 0 Å². The minimum Gasteiger partial charge on any atom is -0.394 e. The van der Waals surface area contributed by atoms with Crippen molar-refractivity contribution >= 4 is 0 Å². The van der Waals surface area contributed by atoms with Gasteiger partial charge in [0.15, 0.2) is 12.6 Å². The van der Waals surface area contributed by atoms with Gasteiger partial charge < -0.3 is 88.7 Å². The van der Waals surface area contributed by atoms with E-state index in [4.69, 9.17) is 58.1 Å². The van der Waals surface area contributed by atoms with E-state index in [9.17, 15) is 30.6 Å². The summed E-state index contributed by atoms with van der Waals surface area (Å²) in [7, 11) is 0. The second-order valence-electron chi connectivity index (χ2n) is 11.6. The highest BCUT2D eigenvalue weighted by atomic mass is 16.7. The van der Waals surface area contributed by atoms with Crippen LogP contribution in [0.1, 0.15) is 19.3 Å². The van der Waals surface area contributed by atoms with Crippen molar-refractivity contribution in [2.75, 3.05) is 19.7 Å². The van der Waals surface area contributed by atoms with Gasteiger partial charge in [-0.05, 0) is 19.4 Å². The molecule has 17 heteroatoms. The zero-order valence-electron chi connectivity index (χ0n) is 22.8. The fraction of sp³-hybridized carbons (Fsp3) is 1.00. The first-order chi connectivity index (χ1) is 19.4. The topological polar surface area (TPSA) is 324 Å². The van der Waals surface area contributed by atoms with E-state index >= 15 is 0 Å². The zero-order valence-corrected chi connectivity index (χ0v) is 22.8. The van der Waals surface area contributed by atoms with Crippen molar-refractivity contribution in [3.63, 3.8) is 0 Å². The standard InChI is InChI=1S/C24H48N6O11/c25-4-7-1-11(15(29)20(35)17(7)32)37-10-3-14(38-13(10)6-31)40-23-18(33)8(27)2-9(28)22(23)41-24-16(30)21(36)19(34)12(5-26)39-24/h7-24,31-36H,1-6,25-30H2. The van der Waals surface area contributed by atoms with Crippen molar-refractivity contribution in [3.8, 4) is 0 Å². The highest BCUT2D eigenvalue weighted by molar-refractivity contribution is 5.01. The van der Waals surface area contributed by atoms with Gasteiger partial charge in [0.05, 0.1) is 49.2 Å². The predicted molar refractivity (Wildman–Crippen MR) is 140 cm³/mol. The fourth-order valence-electron chi connectivity index (χ4n) is 6.20. The van der Waals surface area contributed by atoms with Gasteiger partial charge in [0.25, 0.3) is 0 Å². The first-order valence-corrected chi connectivity index (χ1v) is 14.1. The van der Waals surface area contributed by atoms with Gasteiger partial charge in [0.2, 0.25) is 0 Å². The summed E-state index contributed by atoms with van der Waals surface area (Å²) in [5.74, 6) is -0.429. The van der Waals surface area contributed by atoms with Crippen LogP contribution in [0.4, 0.5) is 0 Å². The third-order valence-electron chi connectivity index (χ3n) is 8.84. The lowest BCUT2D eigenvalue weighted by Crippen LogP contribution is -2.68. The maximum atomic E-state index is 11.0. The SMILES string of the molecule is NCC1CC(OC2CC(OC3C(O)C(N)CC(N)C3OC3OC(CN)C(O)C(O)C3N)OC2CO)C(N)C(O)C1O. The third kappa shape index (κ3) is 6.86.